The van der Waals surface area contributed by atoms with Gasteiger partial charge in [0, 0.05) is 42.5 Å². The fourth-order valence-corrected chi connectivity index (χ4v) is 3.74. The molecule has 5 heteroatoms. The molecule has 2 aromatic rings. The Labute approximate surface area is 134 Å². The first-order valence-corrected chi connectivity index (χ1v) is 7.88. The molecule has 0 bridgehead atoms. The number of hydrogen-bond donors (Lipinski definition) is 1. The Morgan fingerprint density at radius 1 is 1.26 bits per heavy atom. The third-order valence-electron chi connectivity index (χ3n) is 4.86. The van der Waals surface area contributed by atoms with Crippen molar-refractivity contribution in [2.75, 3.05) is 19.7 Å². The van der Waals surface area contributed by atoms with Crippen LogP contribution in [0.4, 0.5) is 4.79 Å². The van der Waals surface area contributed by atoms with Crippen LogP contribution in [-0.4, -0.2) is 40.8 Å². The van der Waals surface area contributed by atoms with Crippen LogP contribution in [0.1, 0.15) is 17.9 Å². The molecule has 1 amide bonds. The number of hydrogen-bond acceptors (Lipinski definition) is 3. The van der Waals surface area contributed by atoms with Gasteiger partial charge >= 0.3 is 6.09 Å². The molecule has 2 aliphatic rings. The molecule has 1 N–H and O–H groups in total. The molecule has 0 aliphatic carbocycles. The molecular weight excluding hydrogens is 292 g/mol. The topological polar surface area (TPSA) is 62.7 Å². The molecule has 23 heavy (non-hydrogen) atoms. The van der Waals surface area contributed by atoms with E-state index in [4.69, 9.17) is 4.74 Å². The first kappa shape index (κ1) is 14.1. The largest absolute Gasteiger partial charge is 0.493 e. The number of rotatable bonds is 1. The molecule has 5 nitrogen and oxygen atoms in total. The van der Waals surface area contributed by atoms with E-state index in [2.05, 4.69) is 11.1 Å². The predicted molar refractivity (Wildman–Crippen MR) is 85.6 cm³/mol. The molecule has 2 aliphatic heterocycles. The van der Waals surface area contributed by atoms with Crippen molar-refractivity contribution < 1.29 is 14.6 Å². The molecule has 0 spiro atoms. The van der Waals surface area contributed by atoms with E-state index < -0.39 is 6.09 Å². The number of ether oxygens (including phenoxy) is 1. The molecule has 0 saturated carbocycles. The first-order chi connectivity index (χ1) is 11.2. The number of fused-ring (bicyclic) bond motifs is 3. The summed E-state index contributed by atoms with van der Waals surface area (Å²) in [5, 5.41) is 9.30. The highest BCUT2D eigenvalue weighted by atomic mass is 16.5. The second kappa shape index (κ2) is 5.57. The first-order valence-electron chi connectivity index (χ1n) is 7.88. The van der Waals surface area contributed by atoms with E-state index >= 15 is 0 Å². The Morgan fingerprint density at radius 3 is 2.96 bits per heavy atom. The van der Waals surface area contributed by atoms with E-state index in [9.17, 15) is 9.90 Å². The Bertz CT molecular complexity index is 732. The van der Waals surface area contributed by atoms with Crippen molar-refractivity contribution in [2.24, 2.45) is 5.92 Å². The number of likely N-dealkylation sites (tertiary alicyclic amines) is 1. The van der Waals surface area contributed by atoms with E-state index in [1.54, 1.807) is 6.20 Å². The van der Waals surface area contributed by atoms with Crippen molar-refractivity contribution in [2.45, 2.75) is 12.3 Å². The minimum atomic E-state index is -0.830. The zero-order valence-electron chi connectivity index (χ0n) is 12.7. The summed E-state index contributed by atoms with van der Waals surface area (Å²) >= 11 is 0. The number of pyridine rings is 1. The van der Waals surface area contributed by atoms with E-state index in [1.807, 2.05) is 30.5 Å². The molecular formula is C18H18N2O3. The van der Waals surface area contributed by atoms with Crippen molar-refractivity contribution in [1.29, 1.82) is 0 Å². The molecule has 1 fully saturated rings. The van der Waals surface area contributed by atoms with E-state index in [-0.39, 0.29) is 5.92 Å². The zero-order valence-corrected chi connectivity index (χ0v) is 12.7. The molecule has 1 unspecified atom stereocenters. The average Bonchev–Trinajstić information content (AvgIpc) is 2.92. The SMILES string of the molecule is O=C(O)N1CC2CCOc3c(-c4cccnc4)cccc3[C@H]2C1. The van der Waals surface area contributed by atoms with Crippen LogP contribution in [0, 0.1) is 5.92 Å². The van der Waals surface area contributed by atoms with Crippen LogP contribution in [0.3, 0.4) is 0 Å². The molecule has 2 atom stereocenters. The summed E-state index contributed by atoms with van der Waals surface area (Å²) in [4.78, 5) is 17.0. The number of carbonyl (C=O) groups is 1. The molecule has 1 aromatic heterocycles. The van der Waals surface area contributed by atoms with Gasteiger partial charge < -0.3 is 14.7 Å². The van der Waals surface area contributed by atoms with Crippen molar-refractivity contribution in [3.8, 4) is 16.9 Å². The van der Waals surface area contributed by atoms with Gasteiger partial charge in [0.05, 0.1) is 6.61 Å². The van der Waals surface area contributed by atoms with Crippen LogP contribution in [0.5, 0.6) is 5.75 Å². The lowest BCUT2D eigenvalue weighted by Crippen LogP contribution is -2.27. The molecule has 0 radical (unpaired) electrons. The van der Waals surface area contributed by atoms with Crippen LogP contribution in [-0.2, 0) is 0 Å². The number of nitrogens with zero attached hydrogens (tertiary/aromatic N) is 2. The summed E-state index contributed by atoms with van der Waals surface area (Å²) in [7, 11) is 0. The van der Waals surface area contributed by atoms with Gasteiger partial charge in [-0.25, -0.2) is 4.79 Å². The van der Waals surface area contributed by atoms with Crippen molar-refractivity contribution in [3.63, 3.8) is 0 Å². The molecule has 1 saturated heterocycles. The fraction of sp³-hybridized carbons (Fsp3) is 0.333. The Kier molecular flexibility index (Phi) is 3.41. The maximum Gasteiger partial charge on any atom is 0.407 e. The van der Waals surface area contributed by atoms with Gasteiger partial charge in [-0.1, -0.05) is 24.3 Å². The van der Waals surface area contributed by atoms with E-state index in [1.165, 1.54) is 4.90 Å². The van der Waals surface area contributed by atoms with Gasteiger partial charge in [-0.05, 0) is 24.0 Å². The zero-order chi connectivity index (χ0) is 15.8. The number of carboxylic acid groups (broad SMARTS) is 1. The van der Waals surface area contributed by atoms with Gasteiger partial charge in [0.1, 0.15) is 5.75 Å². The van der Waals surface area contributed by atoms with Crippen LogP contribution in [0.15, 0.2) is 42.7 Å². The number of para-hydroxylation sites is 1. The molecule has 1 aromatic carbocycles. The molecule has 3 heterocycles. The quantitative estimate of drug-likeness (QED) is 0.878. The van der Waals surface area contributed by atoms with Crippen molar-refractivity contribution in [3.05, 3.63) is 48.3 Å². The minimum Gasteiger partial charge on any atom is -0.493 e. The highest BCUT2D eigenvalue weighted by Gasteiger charge is 2.39. The summed E-state index contributed by atoms with van der Waals surface area (Å²) in [6, 6.07) is 10.1. The minimum absolute atomic E-state index is 0.209. The lowest BCUT2D eigenvalue weighted by molar-refractivity contribution is 0.152. The van der Waals surface area contributed by atoms with Gasteiger partial charge in [-0.3, -0.25) is 4.98 Å². The summed E-state index contributed by atoms with van der Waals surface area (Å²) in [6.07, 6.45) is 3.64. The number of aromatic nitrogens is 1. The van der Waals surface area contributed by atoms with Crippen LogP contribution in [0.2, 0.25) is 0 Å². The lowest BCUT2D eigenvalue weighted by Gasteiger charge is -2.18. The lowest BCUT2D eigenvalue weighted by atomic mass is 9.86. The monoisotopic (exact) mass is 310 g/mol. The van der Waals surface area contributed by atoms with Crippen LogP contribution < -0.4 is 4.74 Å². The van der Waals surface area contributed by atoms with Gasteiger partial charge in [0.2, 0.25) is 0 Å². The predicted octanol–water partition coefficient (Wildman–Crippen LogP) is 3.22. The average molecular weight is 310 g/mol. The normalized spacial score (nSPS) is 22.7. The standard InChI is InChI=1S/C18H18N2O3/c21-18(22)20-10-13-6-8-23-17-14(12-3-2-7-19-9-12)4-1-5-15(17)16(13)11-20/h1-5,7,9,13,16H,6,8,10-11H2,(H,21,22)/t13?,16-/m0/s1. The summed E-state index contributed by atoms with van der Waals surface area (Å²) < 4.78 is 6.07. The van der Waals surface area contributed by atoms with Crippen molar-refractivity contribution in [1.82, 2.24) is 9.88 Å². The summed E-state index contributed by atoms with van der Waals surface area (Å²) in [5.74, 6) is 1.43. The highest BCUT2D eigenvalue weighted by Crippen LogP contribution is 2.45. The van der Waals surface area contributed by atoms with Gasteiger partial charge in [-0.15, -0.1) is 0 Å². The Balaban J connectivity index is 1.78. The summed E-state index contributed by atoms with van der Waals surface area (Å²) in [6.45, 7) is 1.77. The van der Waals surface area contributed by atoms with Crippen molar-refractivity contribution >= 4 is 6.09 Å². The molecule has 4 rings (SSSR count). The highest BCUT2D eigenvalue weighted by molar-refractivity contribution is 5.72. The smallest absolute Gasteiger partial charge is 0.407 e. The third-order valence-corrected chi connectivity index (χ3v) is 4.86. The number of amides is 1. The van der Waals surface area contributed by atoms with Crippen LogP contribution >= 0.6 is 0 Å². The van der Waals surface area contributed by atoms with Gasteiger partial charge in [0.15, 0.2) is 0 Å². The Hall–Kier alpha value is -2.56. The van der Waals surface area contributed by atoms with E-state index in [0.717, 1.165) is 28.9 Å². The fourth-order valence-electron chi connectivity index (χ4n) is 3.74. The Morgan fingerprint density at radius 2 is 2.17 bits per heavy atom. The van der Waals surface area contributed by atoms with Gasteiger partial charge in [0.25, 0.3) is 0 Å². The maximum atomic E-state index is 11.3. The van der Waals surface area contributed by atoms with Gasteiger partial charge in [-0.2, -0.15) is 0 Å². The second-order valence-electron chi connectivity index (χ2n) is 6.16. The summed E-state index contributed by atoms with van der Waals surface area (Å²) in [5.41, 5.74) is 3.18. The van der Waals surface area contributed by atoms with E-state index in [0.29, 0.717) is 25.6 Å². The van der Waals surface area contributed by atoms with Crippen LogP contribution in [0.25, 0.3) is 11.1 Å². The third kappa shape index (κ3) is 2.42. The molecule has 118 valence electrons. The second-order valence-corrected chi connectivity index (χ2v) is 6.16. The number of benzene rings is 1. The maximum absolute atomic E-state index is 11.3.